The minimum Gasteiger partial charge on any atom is -0.326 e. The van der Waals surface area contributed by atoms with Crippen LogP contribution in [0.1, 0.15) is 11.1 Å². The quantitative estimate of drug-likeness (QED) is 0.842. The number of benzene rings is 1. The zero-order valence-corrected chi connectivity index (χ0v) is 11.4. The first-order valence-corrected chi connectivity index (χ1v) is 7.21. The molecule has 0 fully saturated rings. The van der Waals surface area contributed by atoms with E-state index < -0.39 is 10.0 Å². The van der Waals surface area contributed by atoms with Crippen molar-refractivity contribution in [2.75, 3.05) is 7.05 Å². The van der Waals surface area contributed by atoms with Crippen LogP contribution in [0, 0.1) is 0 Å². The van der Waals surface area contributed by atoms with Crippen molar-refractivity contribution in [3.8, 4) is 0 Å². The Morgan fingerprint density at radius 1 is 1.32 bits per heavy atom. The Morgan fingerprint density at radius 3 is 2.68 bits per heavy atom. The number of nitrogens with two attached hydrogens (primary N) is 1. The van der Waals surface area contributed by atoms with Crippen molar-refractivity contribution >= 4 is 10.0 Å². The minimum atomic E-state index is -3.53. The van der Waals surface area contributed by atoms with Crippen molar-refractivity contribution in [2.24, 2.45) is 5.73 Å². The maximum Gasteiger partial charge on any atom is 0.260 e. The standard InChI is InChI=1S/C12H16N4O2S/c1-16(19(17,18)12-5-6-14-15-12)9-11-4-2-3-10(7-11)8-13/h2-7H,8-9,13H2,1H3,(H,14,15). The molecule has 1 aromatic carbocycles. The lowest BCUT2D eigenvalue weighted by Crippen LogP contribution is -2.26. The Balaban J connectivity index is 2.19. The maximum atomic E-state index is 12.2. The van der Waals surface area contributed by atoms with Crippen molar-refractivity contribution < 1.29 is 8.42 Å². The van der Waals surface area contributed by atoms with Gasteiger partial charge in [-0.05, 0) is 17.2 Å². The minimum absolute atomic E-state index is 0.0879. The van der Waals surface area contributed by atoms with Gasteiger partial charge in [0.2, 0.25) is 0 Å². The van der Waals surface area contributed by atoms with Crippen LogP contribution >= 0.6 is 0 Å². The van der Waals surface area contributed by atoms with Crippen LogP contribution in [-0.4, -0.2) is 30.0 Å². The summed E-state index contributed by atoms with van der Waals surface area (Å²) in [6, 6.07) is 8.99. The van der Waals surface area contributed by atoms with Gasteiger partial charge >= 0.3 is 0 Å². The molecule has 0 saturated heterocycles. The SMILES string of the molecule is CN(Cc1cccc(CN)c1)S(=O)(=O)c1ccn[nH]1. The van der Waals surface area contributed by atoms with E-state index in [9.17, 15) is 8.42 Å². The molecule has 0 aliphatic heterocycles. The molecular weight excluding hydrogens is 264 g/mol. The van der Waals surface area contributed by atoms with Crippen molar-refractivity contribution in [3.05, 3.63) is 47.7 Å². The summed E-state index contributed by atoms with van der Waals surface area (Å²) in [5.41, 5.74) is 7.44. The summed E-state index contributed by atoms with van der Waals surface area (Å²) >= 11 is 0. The highest BCUT2D eigenvalue weighted by Gasteiger charge is 2.22. The third-order valence-corrected chi connectivity index (χ3v) is 4.53. The van der Waals surface area contributed by atoms with Crippen LogP contribution in [0.3, 0.4) is 0 Å². The predicted molar refractivity (Wildman–Crippen MR) is 71.6 cm³/mol. The molecule has 102 valence electrons. The van der Waals surface area contributed by atoms with Crippen molar-refractivity contribution in [3.63, 3.8) is 0 Å². The first kappa shape index (κ1) is 13.7. The number of aromatic amines is 1. The summed E-state index contributed by atoms with van der Waals surface area (Å²) in [5.74, 6) is 0. The molecule has 19 heavy (non-hydrogen) atoms. The molecule has 2 aromatic rings. The summed E-state index contributed by atoms with van der Waals surface area (Å²) in [4.78, 5) is 0. The molecule has 0 aliphatic carbocycles. The molecule has 0 bridgehead atoms. The maximum absolute atomic E-state index is 12.2. The van der Waals surface area contributed by atoms with E-state index in [1.165, 1.54) is 23.6 Å². The van der Waals surface area contributed by atoms with Gasteiger partial charge in [-0.25, -0.2) is 8.42 Å². The van der Waals surface area contributed by atoms with Gasteiger partial charge in [-0.3, -0.25) is 5.10 Å². The molecule has 3 N–H and O–H groups in total. The molecule has 2 rings (SSSR count). The summed E-state index contributed by atoms with van der Waals surface area (Å²) < 4.78 is 25.6. The molecule has 0 atom stereocenters. The van der Waals surface area contributed by atoms with E-state index in [-0.39, 0.29) is 11.6 Å². The largest absolute Gasteiger partial charge is 0.326 e. The van der Waals surface area contributed by atoms with Crippen LogP contribution in [0.5, 0.6) is 0 Å². The average molecular weight is 280 g/mol. The second-order valence-electron chi connectivity index (χ2n) is 4.21. The van der Waals surface area contributed by atoms with Crippen molar-refractivity contribution in [2.45, 2.75) is 18.1 Å². The second-order valence-corrected chi connectivity index (χ2v) is 6.22. The third kappa shape index (κ3) is 3.01. The number of rotatable bonds is 5. The first-order valence-electron chi connectivity index (χ1n) is 5.77. The molecule has 0 saturated carbocycles. The van der Waals surface area contributed by atoms with Gasteiger partial charge < -0.3 is 5.73 Å². The van der Waals surface area contributed by atoms with Gasteiger partial charge in [0.25, 0.3) is 10.0 Å². The summed E-state index contributed by atoms with van der Waals surface area (Å²) in [6.45, 7) is 0.722. The van der Waals surface area contributed by atoms with Crippen LogP contribution in [0.4, 0.5) is 0 Å². The van der Waals surface area contributed by atoms with Crippen LogP contribution in [0.15, 0.2) is 41.6 Å². The zero-order chi connectivity index (χ0) is 13.9. The third-order valence-electron chi connectivity index (χ3n) is 2.80. The van der Waals surface area contributed by atoms with E-state index in [0.29, 0.717) is 6.54 Å². The molecule has 1 heterocycles. The summed E-state index contributed by atoms with van der Waals surface area (Å²) in [7, 11) is -2.00. The fraction of sp³-hybridized carbons (Fsp3) is 0.250. The van der Waals surface area contributed by atoms with Crippen molar-refractivity contribution in [1.82, 2.24) is 14.5 Å². The Labute approximate surface area is 112 Å². The van der Waals surface area contributed by atoms with E-state index in [0.717, 1.165) is 11.1 Å². The fourth-order valence-electron chi connectivity index (χ4n) is 1.75. The lowest BCUT2D eigenvalue weighted by Gasteiger charge is -2.16. The lowest BCUT2D eigenvalue weighted by atomic mass is 10.1. The van der Waals surface area contributed by atoms with Gasteiger partial charge in [0, 0.05) is 20.1 Å². The van der Waals surface area contributed by atoms with Gasteiger partial charge in [0.05, 0.1) is 6.20 Å². The molecule has 6 nitrogen and oxygen atoms in total. The van der Waals surface area contributed by atoms with E-state index in [1.54, 1.807) is 0 Å². The monoisotopic (exact) mass is 280 g/mol. The topological polar surface area (TPSA) is 92.1 Å². The van der Waals surface area contributed by atoms with Gasteiger partial charge in [0.15, 0.2) is 5.03 Å². The molecule has 0 aliphatic rings. The predicted octanol–water partition coefficient (Wildman–Crippen LogP) is 0.689. The van der Waals surface area contributed by atoms with E-state index in [1.807, 2.05) is 24.3 Å². The Kier molecular flexibility index (Phi) is 3.98. The fourth-order valence-corrected chi connectivity index (χ4v) is 2.81. The number of hydrogen-bond acceptors (Lipinski definition) is 4. The number of nitrogens with zero attached hydrogens (tertiary/aromatic N) is 2. The summed E-state index contributed by atoms with van der Waals surface area (Å²) in [6.07, 6.45) is 1.41. The molecular formula is C12H16N4O2S. The van der Waals surface area contributed by atoms with Gasteiger partial charge in [-0.1, -0.05) is 24.3 Å². The van der Waals surface area contributed by atoms with Crippen molar-refractivity contribution in [1.29, 1.82) is 0 Å². The number of H-pyrrole nitrogens is 1. The van der Waals surface area contributed by atoms with Gasteiger partial charge in [-0.2, -0.15) is 9.40 Å². The Morgan fingerprint density at radius 2 is 2.05 bits per heavy atom. The smallest absolute Gasteiger partial charge is 0.260 e. The van der Waals surface area contributed by atoms with E-state index >= 15 is 0 Å². The molecule has 0 amide bonds. The van der Waals surface area contributed by atoms with Crippen LogP contribution in [-0.2, 0) is 23.1 Å². The molecule has 0 unspecified atom stereocenters. The highest BCUT2D eigenvalue weighted by molar-refractivity contribution is 7.89. The Hall–Kier alpha value is -1.70. The molecule has 1 aromatic heterocycles. The number of aromatic nitrogens is 2. The van der Waals surface area contributed by atoms with Gasteiger partial charge in [-0.15, -0.1) is 0 Å². The van der Waals surface area contributed by atoms with E-state index in [2.05, 4.69) is 10.2 Å². The first-order chi connectivity index (χ1) is 9.04. The molecule has 0 spiro atoms. The Bertz CT molecular complexity index is 638. The highest BCUT2D eigenvalue weighted by atomic mass is 32.2. The van der Waals surface area contributed by atoms with Crippen LogP contribution in [0.2, 0.25) is 0 Å². The van der Waals surface area contributed by atoms with Crippen LogP contribution < -0.4 is 5.73 Å². The average Bonchev–Trinajstić information content (AvgIpc) is 2.93. The number of hydrogen-bond donors (Lipinski definition) is 2. The van der Waals surface area contributed by atoms with Crippen LogP contribution in [0.25, 0.3) is 0 Å². The number of nitrogens with one attached hydrogen (secondary N) is 1. The lowest BCUT2D eigenvalue weighted by molar-refractivity contribution is 0.463. The normalized spacial score (nSPS) is 11.9. The molecule has 0 radical (unpaired) electrons. The second kappa shape index (κ2) is 5.52. The zero-order valence-electron chi connectivity index (χ0n) is 10.6. The number of sulfonamides is 1. The van der Waals surface area contributed by atoms with E-state index in [4.69, 9.17) is 5.73 Å². The summed E-state index contributed by atoms with van der Waals surface area (Å²) in [5, 5.41) is 6.21. The van der Waals surface area contributed by atoms with Gasteiger partial charge in [0.1, 0.15) is 0 Å². The highest BCUT2D eigenvalue weighted by Crippen LogP contribution is 2.14. The molecule has 7 heteroatoms.